The average Bonchev–Trinajstić information content (AvgIpc) is 2.69. The van der Waals surface area contributed by atoms with E-state index in [1.807, 2.05) is 0 Å². The van der Waals surface area contributed by atoms with Gasteiger partial charge in [-0.3, -0.25) is 4.57 Å². The number of rotatable bonds is 1. The number of nitrogens with zero attached hydrogens (tertiary/aromatic N) is 3. The highest BCUT2D eigenvalue weighted by molar-refractivity contribution is 6.36. The van der Waals surface area contributed by atoms with Crippen LogP contribution in [0.15, 0.2) is 36.7 Å². The molecule has 3 nitrogen and oxygen atoms in total. The van der Waals surface area contributed by atoms with E-state index < -0.39 is 0 Å². The lowest BCUT2D eigenvalue weighted by Crippen LogP contribution is -1.96. The van der Waals surface area contributed by atoms with Crippen LogP contribution >= 0.6 is 23.2 Å². The van der Waals surface area contributed by atoms with Gasteiger partial charge in [0.1, 0.15) is 22.5 Å². The van der Waals surface area contributed by atoms with Gasteiger partial charge in [-0.1, -0.05) is 23.2 Å². The molecule has 0 unspecified atom stereocenters. The molecule has 3 aromatic rings. The summed E-state index contributed by atoms with van der Waals surface area (Å²) in [7, 11) is 0. The van der Waals surface area contributed by atoms with E-state index in [4.69, 9.17) is 23.2 Å². The summed E-state index contributed by atoms with van der Waals surface area (Å²) in [5, 5.41) is 1.44. The van der Waals surface area contributed by atoms with Gasteiger partial charge in [0.2, 0.25) is 0 Å². The van der Waals surface area contributed by atoms with Crippen LogP contribution in [-0.2, 0) is 0 Å². The summed E-state index contributed by atoms with van der Waals surface area (Å²) in [5.74, 6) is -0.306. The van der Waals surface area contributed by atoms with E-state index in [0.717, 1.165) is 0 Å². The third-order valence-electron chi connectivity index (χ3n) is 2.59. The van der Waals surface area contributed by atoms with Crippen LogP contribution in [0, 0.1) is 5.82 Å². The second kappa shape index (κ2) is 4.23. The Balaban J connectivity index is 2.32. The van der Waals surface area contributed by atoms with Crippen LogP contribution in [0.5, 0.6) is 0 Å². The van der Waals surface area contributed by atoms with Crippen molar-refractivity contribution in [3.63, 3.8) is 0 Å². The summed E-state index contributed by atoms with van der Waals surface area (Å²) < 4.78 is 14.6. The first-order valence-electron chi connectivity index (χ1n) is 5.10. The molecule has 1 aromatic carbocycles. The molecule has 0 atom stereocenters. The van der Waals surface area contributed by atoms with Crippen LogP contribution in [-0.4, -0.2) is 14.5 Å². The minimum atomic E-state index is -0.306. The van der Waals surface area contributed by atoms with Gasteiger partial charge in [0.05, 0.1) is 5.39 Å². The molecule has 0 fully saturated rings. The molecule has 2 aromatic heterocycles. The van der Waals surface area contributed by atoms with Crippen LogP contribution in [0.2, 0.25) is 10.3 Å². The maximum atomic E-state index is 12.9. The number of halogens is 3. The number of aromatic nitrogens is 3. The molecule has 0 radical (unpaired) electrons. The molecule has 90 valence electrons. The first-order valence-corrected chi connectivity index (χ1v) is 5.86. The van der Waals surface area contributed by atoms with Gasteiger partial charge in [-0.15, -0.1) is 0 Å². The number of fused-ring (bicyclic) bond motifs is 1. The number of hydrogen-bond donors (Lipinski definition) is 0. The molecular formula is C12H6Cl2FN3. The standard InChI is InChI=1S/C12H6Cl2FN3/c13-10-5-9-11(14)16-6-17-12(9)18(10)8-3-1-7(15)2-4-8/h1-6H. The lowest BCUT2D eigenvalue weighted by atomic mass is 10.3. The van der Waals surface area contributed by atoms with Crippen LogP contribution in [0.1, 0.15) is 0 Å². The second-order valence-electron chi connectivity index (χ2n) is 3.68. The molecule has 0 aliphatic heterocycles. The SMILES string of the molecule is Fc1ccc(-n2c(Cl)cc3c(Cl)ncnc32)cc1. The highest BCUT2D eigenvalue weighted by atomic mass is 35.5. The first kappa shape index (κ1) is 11.4. The maximum Gasteiger partial charge on any atom is 0.150 e. The smallest absolute Gasteiger partial charge is 0.150 e. The summed E-state index contributed by atoms with van der Waals surface area (Å²) in [5.41, 5.74) is 1.30. The fourth-order valence-electron chi connectivity index (χ4n) is 1.79. The maximum absolute atomic E-state index is 12.9. The second-order valence-corrected chi connectivity index (χ2v) is 4.43. The highest BCUT2D eigenvalue weighted by Gasteiger charge is 2.13. The monoisotopic (exact) mass is 281 g/mol. The van der Waals surface area contributed by atoms with Gasteiger partial charge in [0, 0.05) is 5.69 Å². The first-order chi connectivity index (χ1) is 8.66. The molecule has 0 aliphatic rings. The molecule has 0 spiro atoms. The van der Waals surface area contributed by atoms with E-state index in [9.17, 15) is 4.39 Å². The van der Waals surface area contributed by atoms with E-state index in [1.165, 1.54) is 18.5 Å². The Labute approximate surface area is 112 Å². The van der Waals surface area contributed by atoms with Crippen molar-refractivity contribution in [1.82, 2.24) is 14.5 Å². The number of hydrogen-bond acceptors (Lipinski definition) is 2. The molecule has 0 saturated carbocycles. The Morgan fingerprint density at radius 1 is 1.06 bits per heavy atom. The molecule has 18 heavy (non-hydrogen) atoms. The van der Waals surface area contributed by atoms with Crippen LogP contribution in [0.3, 0.4) is 0 Å². The van der Waals surface area contributed by atoms with Gasteiger partial charge >= 0.3 is 0 Å². The van der Waals surface area contributed by atoms with Crippen molar-refractivity contribution >= 4 is 34.2 Å². The minimum Gasteiger partial charge on any atom is -0.284 e. The van der Waals surface area contributed by atoms with Crippen LogP contribution in [0.25, 0.3) is 16.7 Å². The molecule has 0 saturated heterocycles. The van der Waals surface area contributed by atoms with Gasteiger partial charge in [-0.2, -0.15) is 0 Å². The summed E-state index contributed by atoms with van der Waals surface area (Å²) >= 11 is 12.1. The average molecular weight is 282 g/mol. The summed E-state index contributed by atoms with van der Waals surface area (Å²) in [4.78, 5) is 8.04. The molecule has 0 aliphatic carbocycles. The van der Waals surface area contributed by atoms with Crippen molar-refractivity contribution in [1.29, 1.82) is 0 Å². The van der Waals surface area contributed by atoms with Gasteiger partial charge in [-0.25, -0.2) is 14.4 Å². The van der Waals surface area contributed by atoms with Crippen molar-refractivity contribution in [2.24, 2.45) is 0 Å². The van der Waals surface area contributed by atoms with Crippen LogP contribution in [0.4, 0.5) is 4.39 Å². The van der Waals surface area contributed by atoms with Crippen molar-refractivity contribution in [3.05, 3.63) is 52.8 Å². The zero-order valence-corrected chi connectivity index (χ0v) is 10.5. The van der Waals surface area contributed by atoms with Gasteiger partial charge in [-0.05, 0) is 30.3 Å². The molecule has 0 N–H and O–H groups in total. The highest BCUT2D eigenvalue weighted by Crippen LogP contribution is 2.29. The Morgan fingerprint density at radius 2 is 1.78 bits per heavy atom. The third-order valence-corrected chi connectivity index (χ3v) is 3.17. The normalized spacial score (nSPS) is 11.1. The Hall–Kier alpha value is -1.65. The Kier molecular flexibility index (Phi) is 2.69. The lowest BCUT2D eigenvalue weighted by Gasteiger charge is -2.05. The summed E-state index contributed by atoms with van der Waals surface area (Å²) in [6.45, 7) is 0. The van der Waals surface area contributed by atoms with Crippen LogP contribution < -0.4 is 0 Å². The minimum absolute atomic E-state index is 0.306. The van der Waals surface area contributed by atoms with E-state index in [1.54, 1.807) is 22.8 Å². The molecule has 0 bridgehead atoms. The van der Waals surface area contributed by atoms with Gasteiger partial charge < -0.3 is 0 Å². The zero-order valence-electron chi connectivity index (χ0n) is 8.94. The van der Waals surface area contributed by atoms with Gasteiger partial charge in [0.25, 0.3) is 0 Å². The summed E-state index contributed by atoms with van der Waals surface area (Å²) in [6.07, 6.45) is 1.36. The molecular weight excluding hydrogens is 276 g/mol. The van der Waals surface area contributed by atoms with Gasteiger partial charge in [0.15, 0.2) is 5.65 Å². The predicted octanol–water partition coefficient (Wildman–Crippen LogP) is 3.87. The molecule has 3 rings (SSSR count). The van der Waals surface area contributed by atoms with E-state index >= 15 is 0 Å². The fraction of sp³-hybridized carbons (Fsp3) is 0. The fourth-order valence-corrected chi connectivity index (χ4v) is 2.26. The molecule has 0 amide bonds. The van der Waals surface area contributed by atoms with Crippen molar-refractivity contribution in [2.45, 2.75) is 0 Å². The Bertz CT molecular complexity index is 722. The lowest BCUT2D eigenvalue weighted by molar-refractivity contribution is 0.627. The topological polar surface area (TPSA) is 30.7 Å². The van der Waals surface area contributed by atoms with E-state index in [2.05, 4.69) is 9.97 Å². The van der Waals surface area contributed by atoms with Crippen molar-refractivity contribution < 1.29 is 4.39 Å². The van der Waals surface area contributed by atoms with E-state index in [0.29, 0.717) is 27.0 Å². The summed E-state index contributed by atoms with van der Waals surface area (Å²) in [6, 6.07) is 7.65. The largest absolute Gasteiger partial charge is 0.284 e. The third kappa shape index (κ3) is 1.74. The number of benzene rings is 1. The predicted molar refractivity (Wildman–Crippen MR) is 68.8 cm³/mol. The Morgan fingerprint density at radius 3 is 2.50 bits per heavy atom. The zero-order chi connectivity index (χ0) is 12.7. The van der Waals surface area contributed by atoms with Crippen molar-refractivity contribution in [2.75, 3.05) is 0 Å². The van der Waals surface area contributed by atoms with Crippen molar-refractivity contribution in [3.8, 4) is 5.69 Å². The van der Waals surface area contributed by atoms with E-state index in [-0.39, 0.29) is 5.82 Å². The molecule has 2 heterocycles. The quantitative estimate of drug-likeness (QED) is 0.634. The molecule has 6 heteroatoms.